The molecule has 0 atom stereocenters. The molecule has 0 bridgehead atoms. The second-order valence-electron chi connectivity index (χ2n) is 4.75. The number of amides is 1. The van der Waals surface area contributed by atoms with Crippen LogP contribution in [0.3, 0.4) is 0 Å². The molecule has 0 radical (unpaired) electrons. The van der Waals surface area contributed by atoms with Crippen LogP contribution in [0, 0.1) is 5.92 Å². The van der Waals surface area contributed by atoms with Crippen LogP contribution in [-0.4, -0.2) is 36.0 Å². The minimum atomic E-state index is -0.340. The molecule has 2 aliphatic rings. The van der Waals surface area contributed by atoms with E-state index in [1.54, 1.807) is 0 Å². The highest BCUT2D eigenvalue weighted by molar-refractivity contribution is 5.86. The fourth-order valence-corrected chi connectivity index (χ4v) is 1.86. The molecular weight excluding hydrogens is 200 g/mol. The molecule has 14 heavy (non-hydrogen) atoms. The summed E-state index contributed by atoms with van der Waals surface area (Å²) in [7, 11) is 0. The molecule has 2 rings (SSSR count). The Balaban J connectivity index is 0.000000980. The first-order chi connectivity index (χ1) is 6.09. The molecule has 1 saturated heterocycles. The Hall–Kier alpha value is -0.280. The molecule has 2 fully saturated rings. The molecule has 0 aromatic heterocycles. The van der Waals surface area contributed by atoms with Gasteiger partial charge in [-0.25, -0.2) is 0 Å². The maximum atomic E-state index is 11.9. The lowest BCUT2D eigenvalue weighted by Crippen LogP contribution is -2.61. The fourth-order valence-electron chi connectivity index (χ4n) is 1.86. The summed E-state index contributed by atoms with van der Waals surface area (Å²) < 4.78 is 0. The standard InChI is InChI=1S/C10H18N2O.ClH/c1-10(2)9(13)12(6-5-11-10)7-8-3-4-8;/h8,11H,3-7H2,1-2H3;1H. The van der Waals surface area contributed by atoms with Crippen molar-refractivity contribution in [3.8, 4) is 0 Å². The van der Waals surface area contributed by atoms with Crippen LogP contribution in [0.25, 0.3) is 0 Å². The number of carbonyl (C=O) groups is 1. The molecule has 1 N–H and O–H groups in total. The molecule has 1 saturated carbocycles. The highest BCUT2D eigenvalue weighted by Gasteiger charge is 2.37. The third kappa shape index (κ3) is 2.39. The highest BCUT2D eigenvalue weighted by atomic mass is 35.5. The van der Waals surface area contributed by atoms with Crippen molar-refractivity contribution < 1.29 is 4.79 Å². The van der Waals surface area contributed by atoms with Crippen molar-refractivity contribution in [3.63, 3.8) is 0 Å². The van der Waals surface area contributed by atoms with E-state index in [-0.39, 0.29) is 23.9 Å². The van der Waals surface area contributed by atoms with E-state index in [0.29, 0.717) is 0 Å². The van der Waals surface area contributed by atoms with Crippen molar-refractivity contribution in [1.82, 2.24) is 10.2 Å². The second-order valence-corrected chi connectivity index (χ2v) is 4.75. The molecule has 1 amide bonds. The van der Waals surface area contributed by atoms with Crippen LogP contribution in [0.5, 0.6) is 0 Å². The van der Waals surface area contributed by atoms with Gasteiger partial charge in [-0.1, -0.05) is 0 Å². The third-order valence-electron chi connectivity index (χ3n) is 2.95. The maximum absolute atomic E-state index is 11.9. The van der Waals surface area contributed by atoms with Gasteiger partial charge in [0.15, 0.2) is 0 Å². The van der Waals surface area contributed by atoms with Crippen LogP contribution in [0.4, 0.5) is 0 Å². The average molecular weight is 219 g/mol. The van der Waals surface area contributed by atoms with Crippen molar-refractivity contribution in [2.45, 2.75) is 32.2 Å². The Morgan fingerprint density at radius 3 is 2.71 bits per heavy atom. The highest BCUT2D eigenvalue weighted by Crippen LogP contribution is 2.30. The zero-order valence-electron chi connectivity index (χ0n) is 8.88. The van der Waals surface area contributed by atoms with E-state index >= 15 is 0 Å². The second kappa shape index (κ2) is 4.07. The summed E-state index contributed by atoms with van der Waals surface area (Å²) >= 11 is 0. The van der Waals surface area contributed by atoms with Gasteiger partial charge in [-0.05, 0) is 32.6 Å². The Bertz CT molecular complexity index is 226. The summed E-state index contributed by atoms with van der Waals surface area (Å²) in [5.41, 5.74) is -0.340. The summed E-state index contributed by atoms with van der Waals surface area (Å²) in [5, 5.41) is 3.24. The van der Waals surface area contributed by atoms with E-state index in [9.17, 15) is 4.79 Å². The monoisotopic (exact) mass is 218 g/mol. The van der Waals surface area contributed by atoms with Gasteiger partial charge in [0, 0.05) is 19.6 Å². The van der Waals surface area contributed by atoms with E-state index in [1.165, 1.54) is 12.8 Å². The Labute approximate surface area is 91.6 Å². The normalized spacial score (nSPS) is 25.9. The van der Waals surface area contributed by atoms with Gasteiger partial charge in [-0.3, -0.25) is 4.79 Å². The van der Waals surface area contributed by atoms with E-state index < -0.39 is 0 Å². The molecule has 0 unspecified atom stereocenters. The number of rotatable bonds is 2. The van der Waals surface area contributed by atoms with Crippen LogP contribution in [0.15, 0.2) is 0 Å². The summed E-state index contributed by atoms with van der Waals surface area (Å²) in [5.74, 6) is 1.07. The summed E-state index contributed by atoms with van der Waals surface area (Å²) in [6.45, 7) is 6.75. The number of hydrogen-bond donors (Lipinski definition) is 1. The van der Waals surface area contributed by atoms with Gasteiger partial charge < -0.3 is 10.2 Å². The Kier molecular flexibility index (Phi) is 3.43. The number of piperazine rings is 1. The Morgan fingerprint density at radius 1 is 1.50 bits per heavy atom. The topological polar surface area (TPSA) is 32.3 Å². The molecule has 0 aromatic rings. The molecule has 1 aliphatic heterocycles. The van der Waals surface area contributed by atoms with Crippen molar-refractivity contribution in [3.05, 3.63) is 0 Å². The molecule has 0 aromatic carbocycles. The molecule has 82 valence electrons. The zero-order chi connectivity index (χ0) is 9.47. The molecule has 4 heteroatoms. The predicted molar refractivity (Wildman–Crippen MR) is 58.6 cm³/mol. The summed E-state index contributed by atoms with van der Waals surface area (Å²) in [4.78, 5) is 13.9. The fraction of sp³-hybridized carbons (Fsp3) is 0.900. The number of halogens is 1. The summed E-state index contributed by atoms with van der Waals surface area (Å²) in [6.07, 6.45) is 2.63. The minimum Gasteiger partial charge on any atom is -0.340 e. The van der Waals surface area contributed by atoms with Gasteiger partial charge >= 0.3 is 0 Å². The van der Waals surface area contributed by atoms with Crippen molar-refractivity contribution >= 4 is 18.3 Å². The SMILES string of the molecule is CC1(C)NCCN(CC2CC2)C1=O.Cl. The molecule has 1 heterocycles. The average Bonchev–Trinajstić information content (AvgIpc) is 2.82. The van der Waals surface area contributed by atoms with Gasteiger partial charge in [-0.2, -0.15) is 0 Å². The Morgan fingerprint density at radius 2 is 2.14 bits per heavy atom. The minimum absolute atomic E-state index is 0. The lowest BCUT2D eigenvalue weighted by Gasteiger charge is -2.38. The van der Waals surface area contributed by atoms with Crippen LogP contribution < -0.4 is 5.32 Å². The number of nitrogens with zero attached hydrogens (tertiary/aromatic N) is 1. The molecule has 1 aliphatic carbocycles. The summed E-state index contributed by atoms with van der Waals surface area (Å²) in [6, 6.07) is 0. The molecule has 3 nitrogen and oxygen atoms in total. The van der Waals surface area contributed by atoms with Gasteiger partial charge in [0.25, 0.3) is 0 Å². The lowest BCUT2D eigenvalue weighted by molar-refractivity contribution is -0.140. The van der Waals surface area contributed by atoms with Crippen LogP contribution in [0.1, 0.15) is 26.7 Å². The first kappa shape index (κ1) is 11.8. The van der Waals surface area contributed by atoms with Gasteiger partial charge in [0.2, 0.25) is 5.91 Å². The van der Waals surface area contributed by atoms with Crippen molar-refractivity contribution in [2.75, 3.05) is 19.6 Å². The number of carbonyl (C=O) groups excluding carboxylic acids is 1. The van der Waals surface area contributed by atoms with Crippen molar-refractivity contribution in [1.29, 1.82) is 0 Å². The van der Waals surface area contributed by atoms with E-state index in [1.807, 2.05) is 18.7 Å². The number of hydrogen-bond acceptors (Lipinski definition) is 2. The number of nitrogens with one attached hydrogen (secondary N) is 1. The maximum Gasteiger partial charge on any atom is 0.242 e. The van der Waals surface area contributed by atoms with E-state index in [2.05, 4.69) is 5.32 Å². The molecular formula is C10H19ClN2O. The largest absolute Gasteiger partial charge is 0.340 e. The third-order valence-corrected chi connectivity index (χ3v) is 2.95. The van der Waals surface area contributed by atoms with Crippen molar-refractivity contribution in [2.24, 2.45) is 5.92 Å². The van der Waals surface area contributed by atoms with Crippen LogP contribution >= 0.6 is 12.4 Å². The smallest absolute Gasteiger partial charge is 0.242 e. The zero-order valence-corrected chi connectivity index (χ0v) is 9.69. The molecule has 0 spiro atoms. The lowest BCUT2D eigenvalue weighted by atomic mass is 10.0. The van der Waals surface area contributed by atoms with Gasteiger partial charge in [-0.15, -0.1) is 12.4 Å². The van der Waals surface area contributed by atoms with Gasteiger partial charge in [0.1, 0.15) is 0 Å². The van der Waals surface area contributed by atoms with E-state index in [0.717, 1.165) is 25.6 Å². The first-order valence-electron chi connectivity index (χ1n) is 5.14. The first-order valence-corrected chi connectivity index (χ1v) is 5.14. The van der Waals surface area contributed by atoms with E-state index in [4.69, 9.17) is 0 Å². The van der Waals surface area contributed by atoms with Crippen LogP contribution in [-0.2, 0) is 4.79 Å². The van der Waals surface area contributed by atoms with Crippen LogP contribution in [0.2, 0.25) is 0 Å². The van der Waals surface area contributed by atoms with Gasteiger partial charge in [0.05, 0.1) is 5.54 Å². The predicted octanol–water partition coefficient (Wildman–Crippen LogP) is 1.03. The quantitative estimate of drug-likeness (QED) is 0.751.